The number of carbonyl (C=O) groups is 1. The number of hydrogen-bond donors (Lipinski definition) is 1. The molecule has 0 aliphatic rings. The van der Waals surface area contributed by atoms with Gasteiger partial charge in [-0.2, -0.15) is 9.78 Å². The number of aromatic nitrogens is 4. The smallest absolute Gasteiger partial charge is 0.341 e. The molecule has 3 aromatic heterocycles. The second-order valence-corrected chi connectivity index (χ2v) is 6.46. The Morgan fingerprint density at radius 3 is 2.46 bits per heavy atom. The highest BCUT2D eigenvalue weighted by Crippen LogP contribution is 2.26. The summed E-state index contributed by atoms with van der Waals surface area (Å²) < 4.78 is 3.31. The zero-order valence-corrected chi connectivity index (χ0v) is 14.8. The van der Waals surface area contributed by atoms with Gasteiger partial charge in [0, 0.05) is 17.8 Å². The van der Waals surface area contributed by atoms with E-state index in [0.717, 1.165) is 22.0 Å². The average molecular weight is 346 g/mol. The van der Waals surface area contributed by atoms with Gasteiger partial charge in [-0.1, -0.05) is 11.6 Å². The molecule has 6 heteroatoms. The number of aryl methyl sites for hydroxylation is 3. The van der Waals surface area contributed by atoms with Crippen molar-refractivity contribution in [3.05, 3.63) is 71.2 Å². The van der Waals surface area contributed by atoms with Gasteiger partial charge in [0.2, 0.25) is 0 Å². The minimum absolute atomic E-state index is 0.126. The molecule has 0 fully saturated rings. The Morgan fingerprint density at radius 1 is 1.04 bits per heavy atom. The van der Waals surface area contributed by atoms with Crippen molar-refractivity contribution in [3.8, 4) is 11.6 Å². The van der Waals surface area contributed by atoms with Crippen LogP contribution in [-0.4, -0.2) is 30.4 Å². The lowest BCUT2D eigenvalue weighted by atomic mass is 10.0. The molecule has 0 radical (unpaired) electrons. The SMILES string of the molecule is Cc1cc(C)c2nc(-n3ncc(C(=O)O)c3-n3cccc3)cc(C)c2c1. The number of rotatable bonds is 3. The molecule has 3 heterocycles. The second kappa shape index (κ2) is 5.84. The summed E-state index contributed by atoms with van der Waals surface area (Å²) in [6, 6.07) is 9.83. The van der Waals surface area contributed by atoms with Crippen LogP contribution in [0.3, 0.4) is 0 Å². The maximum Gasteiger partial charge on any atom is 0.341 e. The summed E-state index contributed by atoms with van der Waals surface area (Å²) in [6.45, 7) is 6.13. The summed E-state index contributed by atoms with van der Waals surface area (Å²) in [6.07, 6.45) is 4.95. The van der Waals surface area contributed by atoms with Crippen LogP contribution in [0.4, 0.5) is 0 Å². The number of fused-ring (bicyclic) bond motifs is 1. The quantitative estimate of drug-likeness (QED) is 0.612. The molecular weight excluding hydrogens is 328 g/mol. The zero-order chi connectivity index (χ0) is 18.4. The molecule has 0 unspecified atom stereocenters. The van der Waals surface area contributed by atoms with E-state index in [-0.39, 0.29) is 5.56 Å². The van der Waals surface area contributed by atoms with Gasteiger partial charge in [-0.3, -0.25) is 0 Å². The van der Waals surface area contributed by atoms with E-state index in [1.165, 1.54) is 11.8 Å². The first-order valence-corrected chi connectivity index (χ1v) is 8.29. The van der Waals surface area contributed by atoms with E-state index in [2.05, 4.69) is 24.2 Å². The minimum Gasteiger partial charge on any atom is -0.477 e. The highest BCUT2D eigenvalue weighted by Gasteiger charge is 2.20. The highest BCUT2D eigenvalue weighted by molar-refractivity contribution is 5.91. The van der Waals surface area contributed by atoms with Gasteiger partial charge in [0.25, 0.3) is 0 Å². The molecule has 4 aromatic rings. The molecule has 130 valence electrons. The van der Waals surface area contributed by atoms with Crippen LogP contribution in [-0.2, 0) is 0 Å². The third-order valence-corrected chi connectivity index (χ3v) is 4.48. The van der Waals surface area contributed by atoms with Gasteiger partial charge in [0.05, 0.1) is 11.7 Å². The van der Waals surface area contributed by atoms with Gasteiger partial charge in [0.15, 0.2) is 11.6 Å². The number of hydrogen-bond acceptors (Lipinski definition) is 3. The van der Waals surface area contributed by atoms with Crippen molar-refractivity contribution in [1.29, 1.82) is 0 Å². The molecule has 1 aromatic carbocycles. The molecule has 0 amide bonds. The van der Waals surface area contributed by atoms with E-state index < -0.39 is 5.97 Å². The van der Waals surface area contributed by atoms with Crippen molar-refractivity contribution >= 4 is 16.9 Å². The molecule has 6 nitrogen and oxygen atoms in total. The molecule has 26 heavy (non-hydrogen) atoms. The number of nitrogens with zero attached hydrogens (tertiary/aromatic N) is 4. The lowest BCUT2D eigenvalue weighted by Crippen LogP contribution is -2.10. The Hall–Kier alpha value is -3.41. The van der Waals surface area contributed by atoms with Crippen LogP contribution in [0.15, 0.2) is 48.9 Å². The third kappa shape index (κ3) is 2.47. The Kier molecular flexibility index (Phi) is 3.61. The van der Waals surface area contributed by atoms with Crippen molar-refractivity contribution < 1.29 is 9.90 Å². The van der Waals surface area contributed by atoms with Gasteiger partial charge in [-0.25, -0.2) is 9.78 Å². The zero-order valence-electron chi connectivity index (χ0n) is 14.8. The first kappa shape index (κ1) is 16.1. The van der Waals surface area contributed by atoms with Crippen LogP contribution in [0.5, 0.6) is 0 Å². The maximum atomic E-state index is 11.6. The van der Waals surface area contributed by atoms with Crippen LogP contribution in [0.2, 0.25) is 0 Å². The predicted octanol–water partition coefficient (Wildman–Crippen LogP) is 3.83. The summed E-state index contributed by atoms with van der Waals surface area (Å²) >= 11 is 0. The fourth-order valence-electron chi connectivity index (χ4n) is 3.32. The molecular formula is C20H18N4O2. The van der Waals surface area contributed by atoms with Crippen LogP contribution >= 0.6 is 0 Å². The minimum atomic E-state index is -1.02. The van der Waals surface area contributed by atoms with E-state index in [1.807, 2.05) is 32.0 Å². The monoisotopic (exact) mass is 346 g/mol. The maximum absolute atomic E-state index is 11.6. The van der Waals surface area contributed by atoms with E-state index in [0.29, 0.717) is 11.6 Å². The van der Waals surface area contributed by atoms with Crippen LogP contribution < -0.4 is 0 Å². The largest absolute Gasteiger partial charge is 0.477 e. The van der Waals surface area contributed by atoms with Crippen LogP contribution in [0.25, 0.3) is 22.5 Å². The summed E-state index contributed by atoms with van der Waals surface area (Å²) in [7, 11) is 0. The number of carboxylic acids is 1. The first-order valence-electron chi connectivity index (χ1n) is 8.29. The normalized spacial score (nSPS) is 11.2. The number of pyridine rings is 1. The summed E-state index contributed by atoms with van der Waals surface area (Å²) in [5, 5.41) is 14.9. The third-order valence-electron chi connectivity index (χ3n) is 4.48. The Morgan fingerprint density at radius 2 is 1.77 bits per heavy atom. The van der Waals surface area contributed by atoms with Crippen LogP contribution in [0, 0.1) is 20.8 Å². The van der Waals surface area contributed by atoms with E-state index in [9.17, 15) is 9.90 Å². The summed E-state index contributed by atoms with van der Waals surface area (Å²) in [5.74, 6) is 0.0286. The number of aromatic carboxylic acids is 1. The fourth-order valence-corrected chi connectivity index (χ4v) is 3.32. The molecule has 0 saturated heterocycles. The lowest BCUT2D eigenvalue weighted by Gasteiger charge is -2.13. The Balaban J connectivity index is 2.01. The van der Waals surface area contributed by atoms with Gasteiger partial charge in [-0.15, -0.1) is 0 Å². The van der Waals surface area contributed by atoms with Crippen molar-refractivity contribution in [1.82, 2.24) is 19.3 Å². The van der Waals surface area contributed by atoms with Crippen molar-refractivity contribution in [2.24, 2.45) is 0 Å². The van der Waals surface area contributed by atoms with Gasteiger partial charge < -0.3 is 9.67 Å². The Bertz CT molecular complexity index is 1140. The van der Waals surface area contributed by atoms with Crippen molar-refractivity contribution in [2.75, 3.05) is 0 Å². The topological polar surface area (TPSA) is 72.9 Å². The van der Waals surface area contributed by atoms with Crippen molar-refractivity contribution in [3.63, 3.8) is 0 Å². The summed E-state index contributed by atoms with van der Waals surface area (Å²) in [4.78, 5) is 16.4. The standard InChI is InChI=1S/C20H18N4O2/c1-12-8-14(3)18-15(9-12)13(2)10-17(22-18)24-19(23-6-4-5-7-23)16(11-21-24)20(25)26/h4-11H,1-3H3,(H,25,26). The molecule has 0 atom stereocenters. The first-order chi connectivity index (χ1) is 12.5. The molecule has 0 saturated carbocycles. The predicted molar refractivity (Wildman–Crippen MR) is 99.4 cm³/mol. The molecule has 4 rings (SSSR count). The molecule has 0 spiro atoms. The Labute approximate surface area is 150 Å². The number of carboxylic acid groups (broad SMARTS) is 1. The average Bonchev–Trinajstić information content (AvgIpc) is 3.24. The fraction of sp³-hybridized carbons (Fsp3) is 0.150. The second-order valence-electron chi connectivity index (χ2n) is 6.46. The van der Waals surface area contributed by atoms with Gasteiger partial charge in [0.1, 0.15) is 5.56 Å². The molecule has 0 aliphatic carbocycles. The molecule has 0 aliphatic heterocycles. The summed E-state index contributed by atoms with van der Waals surface area (Å²) in [5.41, 5.74) is 4.37. The van der Waals surface area contributed by atoms with E-state index >= 15 is 0 Å². The van der Waals surface area contributed by atoms with Gasteiger partial charge >= 0.3 is 5.97 Å². The number of benzene rings is 1. The van der Waals surface area contributed by atoms with E-state index in [1.54, 1.807) is 21.6 Å². The van der Waals surface area contributed by atoms with Crippen LogP contribution in [0.1, 0.15) is 27.0 Å². The lowest BCUT2D eigenvalue weighted by molar-refractivity contribution is 0.0697. The molecule has 1 N–H and O–H groups in total. The molecule has 0 bridgehead atoms. The van der Waals surface area contributed by atoms with E-state index in [4.69, 9.17) is 4.98 Å². The van der Waals surface area contributed by atoms with Gasteiger partial charge in [-0.05, 0) is 56.2 Å². The van der Waals surface area contributed by atoms with Crippen molar-refractivity contribution in [2.45, 2.75) is 20.8 Å². The highest BCUT2D eigenvalue weighted by atomic mass is 16.4.